The number of carbonyl (C=O) groups excluding carboxylic acids is 2. The Bertz CT molecular complexity index is 809. The molecule has 0 radical (unpaired) electrons. The number of halogens is 1. The van der Waals surface area contributed by atoms with Crippen molar-refractivity contribution in [3.05, 3.63) is 59.1 Å². The van der Waals surface area contributed by atoms with Crippen molar-refractivity contribution in [1.29, 1.82) is 0 Å². The first-order chi connectivity index (χ1) is 11.9. The molecule has 1 fully saturated rings. The molecule has 7 heteroatoms. The van der Waals surface area contributed by atoms with Crippen molar-refractivity contribution in [3.63, 3.8) is 0 Å². The van der Waals surface area contributed by atoms with Crippen molar-refractivity contribution < 1.29 is 14.8 Å². The fourth-order valence-electron chi connectivity index (χ4n) is 2.94. The number of nitrogens with one attached hydrogen (secondary N) is 2. The lowest BCUT2D eigenvalue weighted by Gasteiger charge is -2.26. The van der Waals surface area contributed by atoms with E-state index in [4.69, 9.17) is 16.8 Å². The normalized spacial score (nSPS) is 19.8. The Morgan fingerprint density at radius 1 is 1.24 bits per heavy atom. The minimum Gasteiger partial charge on any atom is -0.371 e. The number of amides is 2. The van der Waals surface area contributed by atoms with Crippen molar-refractivity contribution in [3.8, 4) is 0 Å². The maximum Gasteiger partial charge on any atom is 0.274 e. The van der Waals surface area contributed by atoms with Gasteiger partial charge in [0.2, 0.25) is 0 Å². The van der Waals surface area contributed by atoms with Crippen LogP contribution in [0.5, 0.6) is 0 Å². The maximum absolute atomic E-state index is 12.9. The smallest absolute Gasteiger partial charge is 0.274 e. The minimum absolute atomic E-state index is 0.0352. The summed E-state index contributed by atoms with van der Waals surface area (Å²) in [7, 11) is 0. The summed E-state index contributed by atoms with van der Waals surface area (Å²) in [6.07, 6.45) is 0.636. The van der Waals surface area contributed by atoms with Crippen molar-refractivity contribution in [2.45, 2.75) is 18.9 Å². The van der Waals surface area contributed by atoms with E-state index in [1.165, 1.54) is 0 Å². The van der Waals surface area contributed by atoms with E-state index in [0.29, 0.717) is 23.6 Å². The van der Waals surface area contributed by atoms with Crippen LogP contribution in [-0.2, 0) is 4.79 Å². The molecular formula is C18H18ClN3O3. The van der Waals surface area contributed by atoms with Gasteiger partial charge in [0.1, 0.15) is 5.54 Å². The van der Waals surface area contributed by atoms with Gasteiger partial charge in [-0.3, -0.25) is 14.8 Å². The predicted molar refractivity (Wildman–Crippen MR) is 96.1 cm³/mol. The van der Waals surface area contributed by atoms with Crippen molar-refractivity contribution >= 4 is 34.8 Å². The van der Waals surface area contributed by atoms with Gasteiger partial charge in [0.15, 0.2) is 0 Å². The molecule has 3 rings (SSSR count). The second-order valence-electron chi connectivity index (χ2n) is 6.16. The first-order valence-electron chi connectivity index (χ1n) is 7.83. The molecule has 0 saturated carbocycles. The van der Waals surface area contributed by atoms with Crippen LogP contribution in [0.1, 0.15) is 23.7 Å². The van der Waals surface area contributed by atoms with E-state index in [-0.39, 0.29) is 5.91 Å². The van der Waals surface area contributed by atoms with Crippen LogP contribution in [0, 0.1) is 0 Å². The average Bonchev–Trinajstić information content (AvgIpc) is 2.90. The van der Waals surface area contributed by atoms with E-state index in [0.717, 1.165) is 11.4 Å². The molecule has 0 spiro atoms. The summed E-state index contributed by atoms with van der Waals surface area (Å²) in [5.41, 5.74) is 2.67. The molecule has 1 heterocycles. The quantitative estimate of drug-likeness (QED) is 0.579. The molecule has 130 valence electrons. The fourth-order valence-corrected chi connectivity index (χ4v) is 3.12. The summed E-state index contributed by atoms with van der Waals surface area (Å²) in [5.74, 6) is -0.617. The Hall–Kier alpha value is -2.57. The molecule has 1 aliphatic rings. The van der Waals surface area contributed by atoms with Crippen LogP contribution in [-0.4, -0.2) is 29.1 Å². The molecule has 0 aromatic heterocycles. The Balaban J connectivity index is 1.76. The maximum atomic E-state index is 12.9. The van der Waals surface area contributed by atoms with Crippen molar-refractivity contribution in [2.24, 2.45) is 0 Å². The summed E-state index contributed by atoms with van der Waals surface area (Å²) in [6.45, 7) is 2.45. The molecule has 2 aromatic carbocycles. The fraction of sp³-hybridized carbons (Fsp3) is 0.222. The Morgan fingerprint density at radius 2 is 1.96 bits per heavy atom. The zero-order chi connectivity index (χ0) is 18.0. The van der Waals surface area contributed by atoms with Crippen LogP contribution in [0.4, 0.5) is 11.4 Å². The molecule has 1 aliphatic heterocycles. The van der Waals surface area contributed by atoms with Gasteiger partial charge in [0, 0.05) is 28.5 Å². The highest BCUT2D eigenvalue weighted by Crippen LogP contribution is 2.32. The molecular weight excluding hydrogens is 342 g/mol. The van der Waals surface area contributed by atoms with Gasteiger partial charge < -0.3 is 10.2 Å². The van der Waals surface area contributed by atoms with Gasteiger partial charge in [-0.1, -0.05) is 17.7 Å². The van der Waals surface area contributed by atoms with Crippen LogP contribution in [0.2, 0.25) is 5.02 Å². The van der Waals surface area contributed by atoms with Gasteiger partial charge >= 0.3 is 0 Å². The summed E-state index contributed by atoms with van der Waals surface area (Å²) in [6, 6.07) is 13.8. The van der Waals surface area contributed by atoms with E-state index < -0.39 is 11.4 Å². The molecule has 1 saturated heterocycles. The number of hydrogen-bond acceptors (Lipinski definition) is 4. The van der Waals surface area contributed by atoms with Gasteiger partial charge in [-0.25, -0.2) is 5.48 Å². The number of benzene rings is 2. The average molecular weight is 360 g/mol. The number of carbonyl (C=O) groups is 2. The monoisotopic (exact) mass is 359 g/mol. The molecule has 0 aliphatic carbocycles. The van der Waals surface area contributed by atoms with Gasteiger partial charge in [-0.05, 0) is 55.8 Å². The zero-order valence-corrected chi connectivity index (χ0v) is 14.4. The second-order valence-corrected chi connectivity index (χ2v) is 6.60. The number of nitrogens with zero attached hydrogens (tertiary/aromatic N) is 1. The summed E-state index contributed by atoms with van der Waals surface area (Å²) in [4.78, 5) is 26.0. The zero-order valence-electron chi connectivity index (χ0n) is 13.6. The Labute approximate surface area is 150 Å². The number of hydroxylamine groups is 1. The second kappa shape index (κ2) is 6.74. The van der Waals surface area contributed by atoms with Crippen LogP contribution in [0.3, 0.4) is 0 Å². The highest BCUT2D eigenvalue weighted by atomic mass is 35.5. The lowest BCUT2D eigenvalue weighted by Crippen LogP contribution is -2.44. The minimum atomic E-state index is -0.747. The molecule has 1 atom stereocenters. The summed E-state index contributed by atoms with van der Waals surface area (Å²) < 4.78 is 0. The first-order valence-corrected chi connectivity index (χ1v) is 8.21. The number of hydrogen-bond donors (Lipinski definition) is 3. The standard InChI is InChI=1S/C18H18ClN3O3/c1-18(20-14-7-5-12(6-8-14)16(23)21-25)9-10-22(17(18)24)15-4-2-3-13(19)11-15/h2-8,11,20,25H,9-10H2,1H3,(H,21,23). The lowest BCUT2D eigenvalue weighted by atomic mass is 10.00. The van der Waals surface area contributed by atoms with Crippen LogP contribution in [0.15, 0.2) is 48.5 Å². The third kappa shape index (κ3) is 3.45. The molecule has 6 nitrogen and oxygen atoms in total. The van der Waals surface area contributed by atoms with Crippen molar-refractivity contribution in [2.75, 3.05) is 16.8 Å². The molecule has 1 unspecified atom stereocenters. The van der Waals surface area contributed by atoms with E-state index in [1.54, 1.807) is 46.8 Å². The van der Waals surface area contributed by atoms with Crippen LogP contribution < -0.4 is 15.7 Å². The van der Waals surface area contributed by atoms with E-state index in [1.807, 2.05) is 19.1 Å². The highest BCUT2D eigenvalue weighted by Gasteiger charge is 2.43. The van der Waals surface area contributed by atoms with Crippen LogP contribution >= 0.6 is 11.6 Å². The van der Waals surface area contributed by atoms with Crippen molar-refractivity contribution in [1.82, 2.24) is 5.48 Å². The molecule has 2 amide bonds. The Morgan fingerprint density at radius 3 is 2.60 bits per heavy atom. The van der Waals surface area contributed by atoms with E-state index in [2.05, 4.69) is 5.32 Å². The predicted octanol–water partition coefficient (Wildman–Crippen LogP) is 3.07. The van der Waals surface area contributed by atoms with Gasteiger partial charge in [0.25, 0.3) is 11.8 Å². The van der Waals surface area contributed by atoms with Gasteiger partial charge in [-0.15, -0.1) is 0 Å². The van der Waals surface area contributed by atoms with Gasteiger partial charge in [-0.2, -0.15) is 0 Å². The third-order valence-corrected chi connectivity index (χ3v) is 4.58. The third-order valence-electron chi connectivity index (χ3n) is 4.34. The molecule has 2 aromatic rings. The highest BCUT2D eigenvalue weighted by molar-refractivity contribution is 6.31. The topological polar surface area (TPSA) is 81.7 Å². The largest absolute Gasteiger partial charge is 0.371 e. The SMILES string of the molecule is CC1(Nc2ccc(C(=O)NO)cc2)CCN(c2cccc(Cl)c2)C1=O. The number of rotatable bonds is 4. The van der Waals surface area contributed by atoms with Gasteiger partial charge in [0.05, 0.1) is 0 Å². The summed E-state index contributed by atoms with van der Waals surface area (Å²) >= 11 is 6.02. The van der Waals surface area contributed by atoms with E-state index in [9.17, 15) is 9.59 Å². The molecule has 3 N–H and O–H groups in total. The van der Waals surface area contributed by atoms with Crippen LogP contribution in [0.25, 0.3) is 0 Å². The first kappa shape index (κ1) is 17.3. The molecule has 0 bridgehead atoms. The lowest BCUT2D eigenvalue weighted by molar-refractivity contribution is -0.120. The molecule has 25 heavy (non-hydrogen) atoms. The van der Waals surface area contributed by atoms with E-state index >= 15 is 0 Å². The Kier molecular flexibility index (Phi) is 4.65. The number of anilines is 2. The summed E-state index contributed by atoms with van der Waals surface area (Å²) in [5, 5.41) is 12.5.